The van der Waals surface area contributed by atoms with E-state index in [2.05, 4.69) is 19.0 Å². The number of hydrogen-bond donors (Lipinski definition) is 1. The molecular weight excluding hydrogens is 269 g/mol. The molecule has 4 heteroatoms. The molecule has 1 atom stereocenters. The average molecular weight is 293 g/mol. The Hall–Kier alpha value is -1.42. The molecule has 0 spiro atoms. The Morgan fingerprint density at radius 2 is 1.81 bits per heavy atom. The molecule has 2 rings (SSSR count). The maximum Gasteiger partial charge on any atom is 0.303 e. The first-order valence-corrected chi connectivity index (χ1v) is 7.61. The molecule has 21 heavy (non-hydrogen) atoms. The van der Waals surface area contributed by atoms with Crippen molar-refractivity contribution in [3.8, 4) is 0 Å². The zero-order valence-corrected chi connectivity index (χ0v) is 12.8. The van der Waals surface area contributed by atoms with E-state index in [1.54, 1.807) is 0 Å². The largest absolute Gasteiger partial charge is 0.481 e. The molecule has 0 aliphatic heterocycles. The Kier molecular flexibility index (Phi) is 5.34. The Morgan fingerprint density at radius 1 is 1.24 bits per heavy atom. The fraction of sp³-hybridized carbons (Fsp3) is 0.588. The van der Waals surface area contributed by atoms with Crippen LogP contribution < -0.4 is 0 Å². The number of halogens is 1. The van der Waals surface area contributed by atoms with Crippen LogP contribution in [0, 0.1) is 17.7 Å². The predicted octanol–water partition coefficient (Wildman–Crippen LogP) is 3.71. The molecule has 1 N–H and O–H groups in total. The van der Waals surface area contributed by atoms with Crippen molar-refractivity contribution in [1.29, 1.82) is 0 Å². The molecule has 0 heterocycles. The van der Waals surface area contributed by atoms with Gasteiger partial charge in [0, 0.05) is 12.5 Å². The maximum atomic E-state index is 13.1. The molecule has 0 radical (unpaired) electrons. The van der Waals surface area contributed by atoms with E-state index in [9.17, 15) is 9.18 Å². The summed E-state index contributed by atoms with van der Waals surface area (Å²) in [6.45, 7) is 0. The van der Waals surface area contributed by atoms with Gasteiger partial charge in [0.25, 0.3) is 0 Å². The van der Waals surface area contributed by atoms with Crippen molar-refractivity contribution in [2.75, 3.05) is 14.1 Å². The fourth-order valence-corrected chi connectivity index (χ4v) is 3.61. The third-order valence-electron chi connectivity index (χ3n) is 4.57. The highest BCUT2D eigenvalue weighted by Crippen LogP contribution is 2.40. The van der Waals surface area contributed by atoms with Crippen LogP contribution in [-0.4, -0.2) is 30.1 Å². The number of benzene rings is 1. The smallest absolute Gasteiger partial charge is 0.303 e. The van der Waals surface area contributed by atoms with Gasteiger partial charge < -0.3 is 10.0 Å². The monoisotopic (exact) mass is 293 g/mol. The molecule has 1 aromatic rings. The molecule has 116 valence electrons. The van der Waals surface area contributed by atoms with E-state index in [0.717, 1.165) is 31.2 Å². The van der Waals surface area contributed by atoms with Crippen molar-refractivity contribution < 1.29 is 14.3 Å². The van der Waals surface area contributed by atoms with E-state index in [-0.39, 0.29) is 18.3 Å². The van der Waals surface area contributed by atoms with Crippen LogP contribution >= 0.6 is 0 Å². The summed E-state index contributed by atoms with van der Waals surface area (Å²) >= 11 is 0. The van der Waals surface area contributed by atoms with Gasteiger partial charge in [0.2, 0.25) is 0 Å². The third-order valence-corrected chi connectivity index (χ3v) is 4.57. The predicted molar refractivity (Wildman–Crippen MR) is 80.5 cm³/mol. The van der Waals surface area contributed by atoms with Crippen molar-refractivity contribution in [3.05, 3.63) is 35.6 Å². The molecule has 0 aromatic heterocycles. The van der Waals surface area contributed by atoms with Gasteiger partial charge in [0.1, 0.15) is 5.82 Å². The van der Waals surface area contributed by atoms with Crippen molar-refractivity contribution in [3.63, 3.8) is 0 Å². The first-order valence-electron chi connectivity index (χ1n) is 7.61. The van der Waals surface area contributed by atoms with Crippen LogP contribution in [0.1, 0.15) is 43.7 Å². The van der Waals surface area contributed by atoms with Crippen LogP contribution in [0.4, 0.5) is 4.39 Å². The second kappa shape index (κ2) is 7.03. The first kappa shape index (κ1) is 16.0. The Balaban J connectivity index is 2.04. The summed E-state index contributed by atoms with van der Waals surface area (Å²) in [6.07, 6.45) is 4.32. The minimum atomic E-state index is -0.693. The van der Waals surface area contributed by atoms with Gasteiger partial charge >= 0.3 is 5.97 Å². The highest BCUT2D eigenvalue weighted by Gasteiger charge is 2.30. The lowest BCUT2D eigenvalue weighted by atomic mass is 9.75. The molecular formula is C17H24FNO2. The summed E-state index contributed by atoms with van der Waals surface area (Å²) in [4.78, 5) is 13.0. The normalized spacial score (nSPS) is 24.0. The molecule has 1 saturated carbocycles. The number of carboxylic acid groups (broad SMARTS) is 1. The highest BCUT2D eigenvalue weighted by molar-refractivity contribution is 5.67. The number of rotatable bonds is 5. The summed E-state index contributed by atoms with van der Waals surface area (Å²) < 4.78 is 13.1. The lowest BCUT2D eigenvalue weighted by Gasteiger charge is -2.37. The summed E-state index contributed by atoms with van der Waals surface area (Å²) in [5.41, 5.74) is 1.14. The van der Waals surface area contributed by atoms with Gasteiger partial charge in [-0.25, -0.2) is 4.39 Å². The van der Waals surface area contributed by atoms with Crippen molar-refractivity contribution in [2.45, 2.75) is 38.1 Å². The number of hydrogen-bond acceptors (Lipinski definition) is 2. The minimum Gasteiger partial charge on any atom is -0.481 e. The molecule has 3 nitrogen and oxygen atoms in total. The second-order valence-electron chi connectivity index (χ2n) is 6.34. The van der Waals surface area contributed by atoms with Gasteiger partial charge in [0.05, 0.1) is 0 Å². The molecule has 1 unspecified atom stereocenters. The van der Waals surface area contributed by atoms with E-state index in [0.29, 0.717) is 11.8 Å². The van der Waals surface area contributed by atoms with Gasteiger partial charge in [-0.05, 0) is 69.3 Å². The standard InChI is InChI=1S/C17H24FNO2/c1-19(2)17(14-7-9-15(18)10-8-14)13-5-3-12(4-6-13)11-16(20)21/h7-10,12-13,17H,3-6,11H2,1-2H3,(H,20,21). The van der Waals surface area contributed by atoms with Crippen LogP contribution in [0.2, 0.25) is 0 Å². The molecule has 0 saturated heterocycles. The van der Waals surface area contributed by atoms with Gasteiger partial charge in [-0.15, -0.1) is 0 Å². The molecule has 1 aliphatic carbocycles. The van der Waals surface area contributed by atoms with Gasteiger partial charge in [-0.2, -0.15) is 0 Å². The minimum absolute atomic E-state index is 0.207. The van der Waals surface area contributed by atoms with E-state index >= 15 is 0 Å². The fourth-order valence-electron chi connectivity index (χ4n) is 3.61. The summed E-state index contributed by atoms with van der Waals surface area (Å²) in [7, 11) is 4.11. The zero-order chi connectivity index (χ0) is 15.4. The number of carbonyl (C=O) groups is 1. The van der Waals surface area contributed by atoms with Crippen LogP contribution in [0.25, 0.3) is 0 Å². The quantitative estimate of drug-likeness (QED) is 0.899. The van der Waals surface area contributed by atoms with Crippen LogP contribution in [0.3, 0.4) is 0 Å². The van der Waals surface area contributed by atoms with Crippen molar-refractivity contribution in [1.82, 2.24) is 4.90 Å². The van der Waals surface area contributed by atoms with E-state index in [1.807, 2.05) is 12.1 Å². The van der Waals surface area contributed by atoms with E-state index in [4.69, 9.17) is 5.11 Å². The lowest BCUT2D eigenvalue weighted by molar-refractivity contribution is -0.138. The van der Waals surface area contributed by atoms with Crippen molar-refractivity contribution in [2.24, 2.45) is 11.8 Å². The SMILES string of the molecule is CN(C)C(c1ccc(F)cc1)C1CCC(CC(=O)O)CC1. The highest BCUT2D eigenvalue weighted by atomic mass is 19.1. The van der Waals surface area contributed by atoms with Gasteiger partial charge in [-0.3, -0.25) is 4.79 Å². The zero-order valence-electron chi connectivity index (χ0n) is 12.8. The first-order chi connectivity index (χ1) is 9.97. The summed E-state index contributed by atoms with van der Waals surface area (Å²) in [5.74, 6) is -0.0761. The molecule has 1 aromatic carbocycles. The number of aliphatic carboxylic acids is 1. The molecule has 1 aliphatic rings. The Morgan fingerprint density at radius 3 is 2.29 bits per heavy atom. The lowest BCUT2D eigenvalue weighted by Crippen LogP contribution is -2.30. The van der Waals surface area contributed by atoms with Crippen LogP contribution in [0.5, 0.6) is 0 Å². The third kappa shape index (κ3) is 4.27. The molecule has 0 amide bonds. The topological polar surface area (TPSA) is 40.5 Å². The average Bonchev–Trinajstić information content (AvgIpc) is 2.42. The van der Waals surface area contributed by atoms with Crippen molar-refractivity contribution >= 4 is 5.97 Å². The summed E-state index contributed by atoms with van der Waals surface area (Å²) in [5, 5.41) is 8.89. The second-order valence-corrected chi connectivity index (χ2v) is 6.34. The van der Waals surface area contributed by atoms with Crippen LogP contribution in [-0.2, 0) is 4.79 Å². The number of carboxylic acids is 1. The van der Waals surface area contributed by atoms with E-state index in [1.165, 1.54) is 12.1 Å². The molecule has 1 fully saturated rings. The Labute approximate surface area is 125 Å². The summed E-state index contributed by atoms with van der Waals surface area (Å²) in [6, 6.07) is 7.03. The van der Waals surface area contributed by atoms with Gasteiger partial charge in [0.15, 0.2) is 0 Å². The van der Waals surface area contributed by atoms with Crippen LogP contribution in [0.15, 0.2) is 24.3 Å². The Bertz CT molecular complexity index is 464. The van der Waals surface area contributed by atoms with E-state index < -0.39 is 5.97 Å². The maximum absolute atomic E-state index is 13.1. The van der Waals surface area contributed by atoms with Gasteiger partial charge in [-0.1, -0.05) is 12.1 Å². The number of nitrogens with zero attached hydrogens (tertiary/aromatic N) is 1. The molecule has 0 bridgehead atoms.